The van der Waals surface area contributed by atoms with Crippen LogP contribution in [0.4, 0.5) is 15.8 Å². The van der Waals surface area contributed by atoms with Crippen molar-refractivity contribution in [2.45, 2.75) is 32.7 Å². The van der Waals surface area contributed by atoms with Crippen molar-refractivity contribution in [3.05, 3.63) is 47.7 Å². The minimum absolute atomic E-state index is 0.157. The normalized spacial score (nSPS) is 14.7. The molecule has 1 aliphatic rings. The van der Waals surface area contributed by atoms with Crippen LogP contribution in [0.25, 0.3) is 0 Å². The number of rotatable bonds is 5. The first kappa shape index (κ1) is 14.0. The monoisotopic (exact) mass is 288 g/mol. The fourth-order valence-corrected chi connectivity index (χ4v) is 2.73. The van der Waals surface area contributed by atoms with Crippen LogP contribution in [0.1, 0.15) is 31.3 Å². The molecule has 0 atom stereocenters. The molecule has 0 unspecified atom stereocenters. The van der Waals surface area contributed by atoms with Crippen molar-refractivity contribution in [2.24, 2.45) is 0 Å². The molecule has 1 fully saturated rings. The highest BCUT2D eigenvalue weighted by molar-refractivity contribution is 5.56. The van der Waals surface area contributed by atoms with Crippen molar-refractivity contribution >= 4 is 11.4 Å². The highest BCUT2D eigenvalue weighted by Gasteiger charge is 2.16. The fraction of sp³-hybridized carbons (Fsp3) is 0.412. The number of furan rings is 1. The molecule has 2 aromatic rings. The molecule has 21 heavy (non-hydrogen) atoms. The minimum atomic E-state index is -0.157. The van der Waals surface area contributed by atoms with Gasteiger partial charge in [0.2, 0.25) is 0 Å². The maximum atomic E-state index is 14.2. The zero-order chi connectivity index (χ0) is 14.7. The largest absolute Gasteiger partial charge is 0.464 e. The maximum Gasteiger partial charge on any atom is 0.148 e. The van der Waals surface area contributed by atoms with Gasteiger partial charge in [0.05, 0.1) is 12.2 Å². The van der Waals surface area contributed by atoms with Gasteiger partial charge < -0.3 is 14.6 Å². The van der Waals surface area contributed by atoms with E-state index in [9.17, 15) is 4.39 Å². The maximum absolute atomic E-state index is 14.2. The summed E-state index contributed by atoms with van der Waals surface area (Å²) < 4.78 is 19.8. The lowest BCUT2D eigenvalue weighted by Crippen LogP contribution is -2.18. The Morgan fingerprint density at radius 2 is 1.90 bits per heavy atom. The van der Waals surface area contributed by atoms with Gasteiger partial charge in [0.15, 0.2) is 0 Å². The fourth-order valence-electron chi connectivity index (χ4n) is 2.73. The van der Waals surface area contributed by atoms with Crippen LogP contribution in [0.15, 0.2) is 34.7 Å². The molecule has 112 valence electrons. The summed E-state index contributed by atoms with van der Waals surface area (Å²) >= 11 is 0. The SMILES string of the molecule is CCc1ccc(CNc2ccc(N3CCCC3)c(F)c2)o1. The van der Waals surface area contributed by atoms with Gasteiger partial charge in [0, 0.05) is 25.2 Å². The summed E-state index contributed by atoms with van der Waals surface area (Å²) in [6, 6.07) is 9.30. The van der Waals surface area contributed by atoms with Gasteiger partial charge in [0.25, 0.3) is 0 Å². The molecule has 0 amide bonds. The Balaban J connectivity index is 1.64. The van der Waals surface area contributed by atoms with Crippen molar-refractivity contribution in [3.8, 4) is 0 Å². The number of aryl methyl sites for hydroxylation is 1. The number of nitrogens with zero attached hydrogens (tertiary/aromatic N) is 1. The molecule has 1 N–H and O–H groups in total. The lowest BCUT2D eigenvalue weighted by Gasteiger charge is -2.19. The Labute approximate surface area is 124 Å². The van der Waals surface area contributed by atoms with E-state index in [1.54, 1.807) is 6.07 Å². The van der Waals surface area contributed by atoms with E-state index in [4.69, 9.17) is 4.42 Å². The number of hydrogen-bond acceptors (Lipinski definition) is 3. The molecular weight excluding hydrogens is 267 g/mol. The average Bonchev–Trinajstić information content (AvgIpc) is 3.16. The van der Waals surface area contributed by atoms with E-state index >= 15 is 0 Å². The van der Waals surface area contributed by atoms with Crippen LogP contribution in [-0.2, 0) is 13.0 Å². The summed E-state index contributed by atoms with van der Waals surface area (Å²) in [6.07, 6.45) is 3.19. The third-order valence-electron chi connectivity index (χ3n) is 3.93. The van der Waals surface area contributed by atoms with Crippen LogP contribution in [0.5, 0.6) is 0 Å². The number of anilines is 2. The van der Waals surface area contributed by atoms with Crippen molar-refractivity contribution in [1.29, 1.82) is 0 Å². The number of hydrogen-bond donors (Lipinski definition) is 1. The van der Waals surface area contributed by atoms with Crippen LogP contribution < -0.4 is 10.2 Å². The Morgan fingerprint density at radius 3 is 2.57 bits per heavy atom. The zero-order valence-electron chi connectivity index (χ0n) is 12.4. The van der Waals surface area contributed by atoms with Crippen molar-refractivity contribution in [3.63, 3.8) is 0 Å². The predicted octanol–water partition coefficient (Wildman–Crippen LogP) is 4.19. The summed E-state index contributed by atoms with van der Waals surface area (Å²) in [5.74, 6) is 1.69. The molecule has 2 heterocycles. The first-order chi connectivity index (χ1) is 10.3. The van der Waals surface area contributed by atoms with Crippen LogP contribution in [0.2, 0.25) is 0 Å². The van der Waals surface area contributed by atoms with Gasteiger partial charge in [-0.15, -0.1) is 0 Å². The second kappa shape index (κ2) is 6.20. The van der Waals surface area contributed by atoms with Crippen molar-refractivity contribution < 1.29 is 8.81 Å². The topological polar surface area (TPSA) is 28.4 Å². The number of nitrogens with one attached hydrogen (secondary N) is 1. The minimum Gasteiger partial charge on any atom is -0.464 e. The van der Waals surface area contributed by atoms with E-state index in [0.717, 1.165) is 49.6 Å². The molecule has 3 nitrogen and oxygen atoms in total. The molecule has 3 rings (SSSR count). The standard InChI is InChI=1S/C17H21FN2O/c1-2-14-6-7-15(21-14)12-19-13-5-8-17(16(18)11-13)20-9-3-4-10-20/h5-8,11,19H,2-4,9-10,12H2,1H3. The van der Waals surface area contributed by atoms with Crippen molar-refractivity contribution in [1.82, 2.24) is 0 Å². The van der Waals surface area contributed by atoms with E-state index in [1.165, 1.54) is 0 Å². The molecule has 1 aromatic carbocycles. The highest BCUT2D eigenvalue weighted by atomic mass is 19.1. The average molecular weight is 288 g/mol. The lowest BCUT2D eigenvalue weighted by atomic mass is 10.2. The van der Waals surface area contributed by atoms with Crippen LogP contribution >= 0.6 is 0 Å². The van der Waals surface area contributed by atoms with Crippen LogP contribution in [-0.4, -0.2) is 13.1 Å². The molecule has 1 saturated heterocycles. The van der Waals surface area contributed by atoms with Crippen LogP contribution in [0, 0.1) is 5.82 Å². The highest BCUT2D eigenvalue weighted by Crippen LogP contribution is 2.26. The summed E-state index contributed by atoms with van der Waals surface area (Å²) in [5, 5.41) is 3.20. The Kier molecular flexibility index (Phi) is 4.13. The molecule has 0 bridgehead atoms. The van der Waals surface area contributed by atoms with Gasteiger partial charge in [-0.1, -0.05) is 6.92 Å². The third kappa shape index (κ3) is 3.20. The molecule has 4 heteroatoms. The Bertz CT molecular complexity index is 603. The number of halogens is 1. The van der Waals surface area contributed by atoms with Gasteiger partial charge in [-0.2, -0.15) is 0 Å². The lowest BCUT2D eigenvalue weighted by molar-refractivity contribution is 0.476. The second-order valence-electron chi connectivity index (χ2n) is 5.44. The van der Waals surface area contributed by atoms with Gasteiger partial charge in [-0.25, -0.2) is 4.39 Å². The van der Waals surface area contributed by atoms with Gasteiger partial charge >= 0.3 is 0 Å². The summed E-state index contributed by atoms with van der Waals surface area (Å²) in [6.45, 7) is 4.54. The zero-order valence-corrected chi connectivity index (χ0v) is 12.4. The first-order valence-corrected chi connectivity index (χ1v) is 7.62. The van der Waals surface area contributed by atoms with E-state index in [1.807, 2.05) is 24.3 Å². The smallest absolute Gasteiger partial charge is 0.148 e. The number of benzene rings is 1. The molecule has 0 saturated carbocycles. The first-order valence-electron chi connectivity index (χ1n) is 7.62. The van der Waals surface area contributed by atoms with Gasteiger partial charge in [-0.3, -0.25) is 0 Å². The van der Waals surface area contributed by atoms with E-state index in [2.05, 4.69) is 17.1 Å². The summed E-state index contributed by atoms with van der Waals surface area (Å²) in [5.41, 5.74) is 1.49. The third-order valence-corrected chi connectivity index (χ3v) is 3.93. The van der Waals surface area contributed by atoms with E-state index in [0.29, 0.717) is 12.2 Å². The van der Waals surface area contributed by atoms with Crippen LogP contribution in [0.3, 0.4) is 0 Å². The molecule has 1 aromatic heterocycles. The van der Waals surface area contributed by atoms with Crippen molar-refractivity contribution in [2.75, 3.05) is 23.3 Å². The van der Waals surface area contributed by atoms with Gasteiger partial charge in [0.1, 0.15) is 17.3 Å². The molecule has 0 radical (unpaired) electrons. The molecular formula is C17H21FN2O. The Morgan fingerprint density at radius 1 is 1.14 bits per heavy atom. The summed E-state index contributed by atoms with van der Waals surface area (Å²) in [7, 11) is 0. The molecule has 0 aliphatic carbocycles. The van der Waals surface area contributed by atoms with E-state index < -0.39 is 0 Å². The van der Waals surface area contributed by atoms with Gasteiger partial charge in [-0.05, 0) is 43.2 Å². The molecule has 0 spiro atoms. The quantitative estimate of drug-likeness (QED) is 0.894. The summed E-state index contributed by atoms with van der Waals surface area (Å²) in [4.78, 5) is 2.11. The second-order valence-corrected chi connectivity index (χ2v) is 5.44. The molecule has 1 aliphatic heterocycles. The van der Waals surface area contributed by atoms with E-state index in [-0.39, 0.29) is 5.82 Å². The Hall–Kier alpha value is -1.97. The predicted molar refractivity (Wildman–Crippen MR) is 83.3 cm³/mol.